The summed E-state index contributed by atoms with van der Waals surface area (Å²) in [6.07, 6.45) is 7.62. The normalized spacial score (nSPS) is 29.2. The number of aliphatic hydroxyl groups is 1. The summed E-state index contributed by atoms with van der Waals surface area (Å²) in [7, 11) is 0. The summed E-state index contributed by atoms with van der Waals surface area (Å²) in [4.78, 5) is 5.59. The third-order valence-corrected chi connectivity index (χ3v) is 7.26. The van der Waals surface area contributed by atoms with Crippen LogP contribution in [0.25, 0.3) is 0 Å². The van der Waals surface area contributed by atoms with Gasteiger partial charge in [-0.1, -0.05) is 20.8 Å². The minimum Gasteiger partial charge on any atom is -0.391 e. The van der Waals surface area contributed by atoms with Crippen molar-refractivity contribution < 1.29 is 9.84 Å². The Hall–Kier alpha value is -0.420. The van der Waals surface area contributed by atoms with E-state index in [2.05, 4.69) is 17.9 Å². The Balaban J connectivity index is 0.000000815. The molecule has 2 fully saturated rings. The highest BCUT2D eigenvalue weighted by atomic mass is 32.1. The molecule has 24 heavy (non-hydrogen) atoms. The number of piperidine rings is 1. The molecule has 1 spiro atoms. The third-order valence-electron chi connectivity index (χ3n) is 5.93. The second-order valence-corrected chi connectivity index (χ2v) is 8.32. The van der Waals surface area contributed by atoms with E-state index in [4.69, 9.17) is 4.74 Å². The van der Waals surface area contributed by atoms with Gasteiger partial charge in [-0.3, -0.25) is 4.90 Å². The first-order chi connectivity index (χ1) is 11.7. The van der Waals surface area contributed by atoms with Gasteiger partial charge in [0.2, 0.25) is 0 Å². The van der Waals surface area contributed by atoms with Gasteiger partial charge >= 0.3 is 0 Å². The smallest absolute Gasteiger partial charge is 0.0966 e. The van der Waals surface area contributed by atoms with Crippen molar-refractivity contribution in [3.63, 3.8) is 0 Å². The van der Waals surface area contributed by atoms with Crippen LogP contribution in [0, 0.1) is 0 Å². The summed E-state index contributed by atoms with van der Waals surface area (Å²) < 4.78 is 6.35. The summed E-state index contributed by atoms with van der Waals surface area (Å²) in [6, 6.07) is 2.81. The molecule has 0 aromatic carbocycles. The van der Waals surface area contributed by atoms with E-state index in [0.29, 0.717) is 6.04 Å². The summed E-state index contributed by atoms with van der Waals surface area (Å²) in [5, 5.41) is 10.2. The van der Waals surface area contributed by atoms with Crippen LogP contribution in [-0.4, -0.2) is 41.8 Å². The van der Waals surface area contributed by atoms with Gasteiger partial charge in [0.05, 0.1) is 18.3 Å². The predicted molar refractivity (Wildman–Crippen MR) is 101 cm³/mol. The van der Waals surface area contributed by atoms with Crippen LogP contribution in [0.4, 0.5) is 0 Å². The molecule has 1 N–H and O–H groups in total. The fourth-order valence-electron chi connectivity index (χ4n) is 4.62. The van der Waals surface area contributed by atoms with Gasteiger partial charge in [-0.05, 0) is 50.2 Å². The lowest BCUT2D eigenvalue weighted by Gasteiger charge is -2.46. The van der Waals surface area contributed by atoms with Crippen molar-refractivity contribution in [1.29, 1.82) is 0 Å². The number of ether oxygens (including phenoxy) is 1. The van der Waals surface area contributed by atoms with E-state index in [1.165, 1.54) is 23.3 Å². The summed E-state index contributed by atoms with van der Waals surface area (Å²) >= 11 is 2.00. The fourth-order valence-corrected chi connectivity index (χ4v) is 5.80. The minimum absolute atomic E-state index is 0.0302. The second-order valence-electron chi connectivity index (χ2n) is 7.10. The Labute approximate surface area is 151 Å². The van der Waals surface area contributed by atoms with Crippen LogP contribution in [0.2, 0.25) is 0 Å². The lowest BCUT2D eigenvalue weighted by Crippen LogP contribution is -2.51. The van der Waals surface area contributed by atoms with Crippen LogP contribution >= 0.6 is 11.3 Å². The van der Waals surface area contributed by atoms with E-state index in [-0.39, 0.29) is 11.7 Å². The van der Waals surface area contributed by atoms with Gasteiger partial charge in [0.15, 0.2) is 0 Å². The van der Waals surface area contributed by atoms with Crippen molar-refractivity contribution in [2.24, 2.45) is 0 Å². The second kappa shape index (κ2) is 7.86. The number of hydrogen-bond donors (Lipinski definition) is 1. The van der Waals surface area contributed by atoms with Crippen LogP contribution in [0.1, 0.15) is 68.2 Å². The molecule has 2 atom stereocenters. The Morgan fingerprint density at radius 1 is 1.29 bits per heavy atom. The number of nitrogens with zero attached hydrogens (tertiary/aromatic N) is 1. The molecule has 4 rings (SSSR count). The molecule has 1 aliphatic carbocycles. The average molecular weight is 352 g/mol. The Morgan fingerprint density at radius 3 is 2.67 bits per heavy atom. The van der Waals surface area contributed by atoms with Crippen molar-refractivity contribution in [1.82, 2.24) is 4.90 Å². The first kappa shape index (κ1) is 18.4. The van der Waals surface area contributed by atoms with Crippen molar-refractivity contribution >= 4 is 11.3 Å². The summed E-state index contributed by atoms with van der Waals surface area (Å²) in [6.45, 7) is 9.26. The summed E-state index contributed by atoms with van der Waals surface area (Å²) in [5.74, 6) is 0. The van der Waals surface area contributed by atoms with E-state index in [9.17, 15) is 5.11 Å². The SMILES string of the molecule is CC.CCc1cc2c(s1)CCOC21CCN(C2CCCC2O)CC1. The zero-order chi connectivity index (χ0) is 17.2. The van der Waals surface area contributed by atoms with Crippen LogP contribution in [0.5, 0.6) is 0 Å². The molecule has 2 aliphatic heterocycles. The Morgan fingerprint density at radius 2 is 2.04 bits per heavy atom. The maximum absolute atomic E-state index is 10.2. The molecule has 3 aliphatic rings. The number of aryl methyl sites for hydroxylation is 1. The van der Waals surface area contributed by atoms with Crippen LogP contribution in [0.3, 0.4) is 0 Å². The van der Waals surface area contributed by atoms with Crippen molar-refractivity contribution in [3.8, 4) is 0 Å². The molecule has 2 unspecified atom stereocenters. The zero-order valence-corrected chi connectivity index (χ0v) is 16.3. The molecule has 4 heteroatoms. The van der Waals surface area contributed by atoms with Gasteiger partial charge < -0.3 is 9.84 Å². The van der Waals surface area contributed by atoms with E-state index >= 15 is 0 Å². The highest BCUT2D eigenvalue weighted by molar-refractivity contribution is 7.12. The first-order valence-corrected chi connectivity index (χ1v) is 10.7. The number of fused-ring (bicyclic) bond motifs is 2. The van der Waals surface area contributed by atoms with Crippen LogP contribution < -0.4 is 0 Å². The molecule has 3 heterocycles. The lowest BCUT2D eigenvalue weighted by atomic mass is 9.81. The van der Waals surface area contributed by atoms with E-state index < -0.39 is 0 Å². The Kier molecular flexibility index (Phi) is 6.02. The topological polar surface area (TPSA) is 32.7 Å². The largest absolute Gasteiger partial charge is 0.391 e. The monoisotopic (exact) mass is 351 g/mol. The molecule has 1 aromatic heterocycles. The molecular weight excluding hydrogens is 318 g/mol. The van der Waals surface area contributed by atoms with Gasteiger partial charge in [-0.25, -0.2) is 0 Å². The number of likely N-dealkylation sites (tertiary alicyclic amines) is 1. The molecule has 3 nitrogen and oxygen atoms in total. The molecule has 0 amide bonds. The molecule has 0 radical (unpaired) electrons. The third kappa shape index (κ3) is 3.31. The number of aliphatic hydroxyl groups excluding tert-OH is 1. The standard InChI is InChI=1S/C18H27NO2S.C2H6/c1-2-13-12-14-17(22-13)6-11-21-18(14)7-9-19(10-8-18)15-4-3-5-16(15)20;1-2/h12,15-16,20H,2-11H2,1H3;1-2H3. The van der Waals surface area contributed by atoms with Gasteiger partial charge in [0.25, 0.3) is 0 Å². The maximum atomic E-state index is 10.2. The number of hydrogen-bond acceptors (Lipinski definition) is 4. The molecule has 136 valence electrons. The van der Waals surface area contributed by atoms with E-state index in [1.807, 2.05) is 25.2 Å². The fraction of sp³-hybridized carbons (Fsp3) is 0.800. The molecule has 1 saturated heterocycles. The first-order valence-electron chi connectivity index (χ1n) is 9.90. The van der Waals surface area contributed by atoms with E-state index in [1.54, 1.807) is 4.88 Å². The van der Waals surface area contributed by atoms with Crippen molar-refractivity contribution in [2.45, 2.75) is 83.5 Å². The quantitative estimate of drug-likeness (QED) is 0.870. The van der Waals surface area contributed by atoms with Gasteiger partial charge in [0.1, 0.15) is 0 Å². The average Bonchev–Trinajstić information content (AvgIpc) is 3.24. The highest BCUT2D eigenvalue weighted by Gasteiger charge is 2.44. The molecule has 0 bridgehead atoms. The maximum Gasteiger partial charge on any atom is 0.0966 e. The highest BCUT2D eigenvalue weighted by Crippen LogP contribution is 2.45. The summed E-state index contributed by atoms with van der Waals surface area (Å²) in [5.41, 5.74) is 1.46. The van der Waals surface area contributed by atoms with Crippen molar-refractivity contribution in [2.75, 3.05) is 19.7 Å². The number of rotatable bonds is 2. The van der Waals surface area contributed by atoms with Crippen LogP contribution in [0.15, 0.2) is 6.07 Å². The number of thiophene rings is 1. The van der Waals surface area contributed by atoms with Gasteiger partial charge in [-0.2, -0.15) is 0 Å². The van der Waals surface area contributed by atoms with Gasteiger partial charge in [-0.15, -0.1) is 11.3 Å². The lowest BCUT2D eigenvalue weighted by molar-refractivity contribution is -0.106. The van der Waals surface area contributed by atoms with Crippen LogP contribution in [-0.2, 0) is 23.2 Å². The molecule has 1 aromatic rings. The van der Waals surface area contributed by atoms with Gasteiger partial charge in [0, 0.05) is 35.3 Å². The molecular formula is C20H33NO2S. The minimum atomic E-state index is -0.107. The molecule has 1 saturated carbocycles. The predicted octanol–water partition coefficient (Wildman–Crippen LogP) is 4.11. The van der Waals surface area contributed by atoms with Crippen molar-refractivity contribution in [3.05, 3.63) is 21.4 Å². The zero-order valence-electron chi connectivity index (χ0n) is 15.5. The Bertz CT molecular complexity index is 534. The van der Waals surface area contributed by atoms with E-state index in [0.717, 1.165) is 51.8 Å².